The number of rotatable bonds is 5. The quantitative estimate of drug-likeness (QED) is 0.813. The molecular formula is C16H23NO3. The van der Waals surface area contributed by atoms with Crippen LogP contribution in [-0.2, 0) is 4.79 Å². The van der Waals surface area contributed by atoms with Gasteiger partial charge < -0.3 is 14.8 Å². The number of furan rings is 1. The highest BCUT2D eigenvalue weighted by molar-refractivity contribution is 5.91. The van der Waals surface area contributed by atoms with Crippen molar-refractivity contribution in [1.82, 2.24) is 5.32 Å². The van der Waals surface area contributed by atoms with E-state index in [1.807, 2.05) is 19.1 Å². The van der Waals surface area contributed by atoms with E-state index in [2.05, 4.69) is 5.32 Å². The van der Waals surface area contributed by atoms with Gasteiger partial charge in [0.1, 0.15) is 11.5 Å². The van der Waals surface area contributed by atoms with E-state index in [-0.39, 0.29) is 17.9 Å². The zero-order valence-electron chi connectivity index (χ0n) is 12.0. The van der Waals surface area contributed by atoms with Gasteiger partial charge >= 0.3 is 0 Å². The van der Waals surface area contributed by atoms with Crippen LogP contribution < -0.4 is 5.32 Å². The number of hydrogen-bond donors (Lipinski definition) is 2. The van der Waals surface area contributed by atoms with Gasteiger partial charge in [-0.3, -0.25) is 4.79 Å². The van der Waals surface area contributed by atoms with Gasteiger partial charge in [0.25, 0.3) is 0 Å². The molecule has 0 aliphatic heterocycles. The van der Waals surface area contributed by atoms with Gasteiger partial charge in [-0.2, -0.15) is 0 Å². The molecular weight excluding hydrogens is 254 g/mol. The molecule has 1 aromatic heterocycles. The molecule has 1 aliphatic carbocycles. The van der Waals surface area contributed by atoms with Gasteiger partial charge in [0.2, 0.25) is 5.91 Å². The van der Waals surface area contributed by atoms with Gasteiger partial charge in [0.05, 0.1) is 6.61 Å². The van der Waals surface area contributed by atoms with Crippen LogP contribution in [0.4, 0.5) is 0 Å². The Hall–Kier alpha value is -1.55. The predicted octanol–water partition coefficient (Wildman–Crippen LogP) is 2.66. The van der Waals surface area contributed by atoms with E-state index in [0.29, 0.717) is 12.3 Å². The van der Waals surface area contributed by atoms with Crippen LogP contribution in [0.5, 0.6) is 0 Å². The number of amides is 1. The second kappa shape index (κ2) is 6.75. The van der Waals surface area contributed by atoms with Crippen molar-refractivity contribution < 1.29 is 14.3 Å². The maximum absolute atomic E-state index is 11.8. The summed E-state index contributed by atoms with van der Waals surface area (Å²) in [5.41, 5.74) is -0.122. The van der Waals surface area contributed by atoms with Crippen molar-refractivity contribution in [2.75, 3.05) is 13.2 Å². The molecule has 2 N–H and O–H groups in total. The second-order valence-corrected chi connectivity index (χ2v) is 5.72. The SMILES string of the molecule is Cc1ccc(/C=C/C(=O)NCC2(CO)CCCCC2)o1. The number of aliphatic hydroxyl groups excluding tert-OH is 1. The lowest BCUT2D eigenvalue weighted by molar-refractivity contribution is -0.117. The Morgan fingerprint density at radius 3 is 2.75 bits per heavy atom. The van der Waals surface area contributed by atoms with Crippen LogP contribution in [0.2, 0.25) is 0 Å². The van der Waals surface area contributed by atoms with Gasteiger partial charge in [-0.1, -0.05) is 19.3 Å². The van der Waals surface area contributed by atoms with Crippen molar-refractivity contribution in [2.45, 2.75) is 39.0 Å². The molecule has 1 heterocycles. The zero-order chi connectivity index (χ0) is 14.4. The highest BCUT2D eigenvalue weighted by atomic mass is 16.3. The largest absolute Gasteiger partial charge is 0.462 e. The Labute approximate surface area is 119 Å². The van der Waals surface area contributed by atoms with Crippen LogP contribution >= 0.6 is 0 Å². The molecule has 0 radical (unpaired) electrons. The minimum absolute atomic E-state index is 0.122. The summed E-state index contributed by atoms with van der Waals surface area (Å²) >= 11 is 0. The zero-order valence-corrected chi connectivity index (χ0v) is 12.0. The first-order valence-corrected chi connectivity index (χ1v) is 7.27. The van der Waals surface area contributed by atoms with E-state index < -0.39 is 0 Å². The molecule has 0 atom stereocenters. The standard InChI is InChI=1S/C16H23NO3/c1-13-5-6-14(20-13)7-8-15(19)17-11-16(12-18)9-3-2-4-10-16/h5-8,18H,2-4,9-12H2,1H3,(H,17,19)/b8-7+. The Bertz CT molecular complexity index is 470. The molecule has 1 fully saturated rings. The van der Waals surface area contributed by atoms with Crippen molar-refractivity contribution in [3.8, 4) is 0 Å². The summed E-state index contributed by atoms with van der Waals surface area (Å²) in [5.74, 6) is 1.36. The molecule has 0 spiro atoms. The lowest BCUT2D eigenvalue weighted by Gasteiger charge is -2.35. The molecule has 4 nitrogen and oxygen atoms in total. The van der Waals surface area contributed by atoms with Gasteiger partial charge in [-0.15, -0.1) is 0 Å². The number of carbonyl (C=O) groups is 1. The second-order valence-electron chi connectivity index (χ2n) is 5.72. The molecule has 2 rings (SSSR count). The number of aryl methyl sites for hydroxylation is 1. The van der Waals surface area contributed by atoms with Crippen molar-refractivity contribution >= 4 is 12.0 Å². The number of nitrogens with one attached hydrogen (secondary N) is 1. The maximum atomic E-state index is 11.8. The average molecular weight is 277 g/mol. The molecule has 1 amide bonds. The monoisotopic (exact) mass is 277 g/mol. The first-order valence-electron chi connectivity index (χ1n) is 7.27. The van der Waals surface area contributed by atoms with Crippen molar-refractivity contribution in [3.63, 3.8) is 0 Å². The minimum Gasteiger partial charge on any atom is -0.462 e. The van der Waals surface area contributed by atoms with Crippen molar-refractivity contribution in [2.24, 2.45) is 5.41 Å². The summed E-state index contributed by atoms with van der Waals surface area (Å²) in [6.07, 6.45) is 8.63. The molecule has 20 heavy (non-hydrogen) atoms. The Morgan fingerprint density at radius 2 is 2.15 bits per heavy atom. The van der Waals surface area contributed by atoms with E-state index in [9.17, 15) is 9.90 Å². The van der Waals surface area contributed by atoms with E-state index in [1.54, 1.807) is 6.08 Å². The molecule has 1 aliphatic rings. The molecule has 1 saturated carbocycles. The van der Waals surface area contributed by atoms with E-state index in [0.717, 1.165) is 31.4 Å². The molecule has 0 aromatic carbocycles. The average Bonchev–Trinajstić information content (AvgIpc) is 2.89. The molecule has 4 heteroatoms. The molecule has 0 unspecified atom stereocenters. The van der Waals surface area contributed by atoms with E-state index >= 15 is 0 Å². The third-order valence-corrected chi connectivity index (χ3v) is 4.05. The number of hydrogen-bond acceptors (Lipinski definition) is 3. The van der Waals surface area contributed by atoms with Crippen LogP contribution in [0.15, 0.2) is 22.6 Å². The number of aliphatic hydroxyl groups is 1. The fourth-order valence-electron chi connectivity index (χ4n) is 2.73. The Balaban J connectivity index is 1.83. The van der Waals surface area contributed by atoms with Crippen LogP contribution in [0.3, 0.4) is 0 Å². The predicted molar refractivity (Wildman–Crippen MR) is 78.1 cm³/mol. The maximum Gasteiger partial charge on any atom is 0.244 e. The molecule has 110 valence electrons. The number of carbonyl (C=O) groups excluding carboxylic acids is 1. The third-order valence-electron chi connectivity index (χ3n) is 4.05. The summed E-state index contributed by atoms with van der Waals surface area (Å²) in [4.78, 5) is 11.8. The van der Waals surface area contributed by atoms with Crippen molar-refractivity contribution in [1.29, 1.82) is 0 Å². The van der Waals surface area contributed by atoms with Gasteiger partial charge in [-0.05, 0) is 38.0 Å². The lowest BCUT2D eigenvalue weighted by Crippen LogP contribution is -2.40. The summed E-state index contributed by atoms with van der Waals surface area (Å²) in [5, 5.41) is 12.5. The third kappa shape index (κ3) is 3.97. The fraction of sp³-hybridized carbons (Fsp3) is 0.562. The molecule has 0 saturated heterocycles. The lowest BCUT2D eigenvalue weighted by atomic mass is 9.74. The molecule has 1 aromatic rings. The topological polar surface area (TPSA) is 62.5 Å². The molecule has 0 bridgehead atoms. The summed E-state index contributed by atoms with van der Waals surface area (Å²) < 4.78 is 5.36. The minimum atomic E-state index is -0.141. The Morgan fingerprint density at radius 1 is 1.40 bits per heavy atom. The highest BCUT2D eigenvalue weighted by Crippen LogP contribution is 2.35. The summed E-state index contributed by atoms with van der Waals surface area (Å²) in [6, 6.07) is 3.69. The highest BCUT2D eigenvalue weighted by Gasteiger charge is 2.31. The van der Waals surface area contributed by atoms with Gasteiger partial charge in [-0.25, -0.2) is 0 Å². The Kier molecular flexibility index (Phi) is 5.01. The smallest absolute Gasteiger partial charge is 0.244 e. The van der Waals surface area contributed by atoms with Crippen LogP contribution in [0, 0.1) is 12.3 Å². The first kappa shape index (κ1) is 14.9. The van der Waals surface area contributed by atoms with E-state index in [4.69, 9.17) is 4.42 Å². The van der Waals surface area contributed by atoms with E-state index in [1.165, 1.54) is 12.5 Å². The fourth-order valence-corrected chi connectivity index (χ4v) is 2.73. The van der Waals surface area contributed by atoms with Crippen LogP contribution in [0.1, 0.15) is 43.6 Å². The summed E-state index contributed by atoms with van der Waals surface area (Å²) in [6.45, 7) is 2.56. The van der Waals surface area contributed by atoms with Crippen LogP contribution in [0.25, 0.3) is 6.08 Å². The van der Waals surface area contributed by atoms with Crippen molar-refractivity contribution in [3.05, 3.63) is 29.7 Å². The van der Waals surface area contributed by atoms with Gasteiger partial charge in [0, 0.05) is 18.0 Å². The van der Waals surface area contributed by atoms with Gasteiger partial charge in [0.15, 0.2) is 0 Å². The van der Waals surface area contributed by atoms with Crippen LogP contribution in [-0.4, -0.2) is 24.2 Å². The first-order chi connectivity index (χ1) is 9.63. The normalized spacial score (nSPS) is 18.3. The summed E-state index contributed by atoms with van der Waals surface area (Å²) in [7, 11) is 0.